The van der Waals surface area contributed by atoms with Gasteiger partial charge in [0.05, 0.1) is 31.0 Å². The average molecular weight is 239 g/mol. The summed E-state index contributed by atoms with van der Waals surface area (Å²) >= 11 is 0. The Bertz CT molecular complexity index is 323. The van der Waals surface area contributed by atoms with E-state index in [1.54, 1.807) is 12.4 Å². The summed E-state index contributed by atoms with van der Waals surface area (Å²) < 4.78 is 5.56. The maximum absolute atomic E-state index is 11.5. The molecule has 2 N–H and O–H groups in total. The molecule has 1 aromatic heterocycles. The van der Waals surface area contributed by atoms with Crippen LogP contribution in [-0.2, 0) is 9.53 Å². The van der Waals surface area contributed by atoms with E-state index in [2.05, 4.69) is 29.4 Å². The minimum absolute atomic E-state index is 0.0526. The van der Waals surface area contributed by atoms with Crippen LogP contribution in [0.5, 0.6) is 0 Å². The lowest BCUT2D eigenvalue weighted by atomic mass is 10.1. The molecule has 1 amide bonds. The minimum atomic E-state index is -0.0526. The molecule has 0 fully saturated rings. The summed E-state index contributed by atoms with van der Waals surface area (Å²) in [6, 6.07) is 0. The van der Waals surface area contributed by atoms with Gasteiger partial charge in [0.15, 0.2) is 0 Å². The first-order valence-corrected chi connectivity index (χ1v) is 5.98. The number of hydrogen-bond acceptors (Lipinski definition) is 3. The molecule has 0 aromatic carbocycles. The Hall–Kier alpha value is -1.36. The third-order valence-electron chi connectivity index (χ3n) is 2.32. The van der Waals surface area contributed by atoms with E-state index in [0.717, 1.165) is 6.42 Å². The number of aromatic nitrogens is 2. The zero-order chi connectivity index (χ0) is 12.7. The minimum Gasteiger partial charge on any atom is -0.378 e. The quantitative estimate of drug-likeness (QED) is 0.766. The molecule has 0 aliphatic carbocycles. The first-order valence-electron chi connectivity index (χ1n) is 5.98. The second-order valence-corrected chi connectivity index (χ2v) is 4.60. The number of ether oxygens (including phenoxy) is 1. The Labute approximate surface area is 102 Å². The van der Waals surface area contributed by atoms with Crippen LogP contribution in [0.2, 0.25) is 0 Å². The van der Waals surface area contributed by atoms with Gasteiger partial charge in [0.25, 0.3) is 0 Å². The van der Waals surface area contributed by atoms with Crippen LogP contribution >= 0.6 is 0 Å². The Morgan fingerprint density at radius 2 is 2.29 bits per heavy atom. The molecule has 0 aliphatic rings. The number of nitrogens with one attached hydrogen (secondary N) is 2. The highest BCUT2D eigenvalue weighted by molar-refractivity contribution is 5.90. The van der Waals surface area contributed by atoms with Crippen molar-refractivity contribution in [3.05, 3.63) is 12.4 Å². The zero-order valence-corrected chi connectivity index (χ0v) is 10.7. The molecule has 1 heterocycles. The van der Waals surface area contributed by atoms with E-state index in [4.69, 9.17) is 4.74 Å². The number of carbonyl (C=O) groups excluding carboxylic acids is 1. The second kappa shape index (κ2) is 7.06. The molecule has 5 heteroatoms. The lowest BCUT2D eigenvalue weighted by molar-refractivity contribution is -0.117. The fourth-order valence-electron chi connectivity index (χ4n) is 1.63. The van der Waals surface area contributed by atoms with Crippen molar-refractivity contribution in [2.45, 2.75) is 39.7 Å². The van der Waals surface area contributed by atoms with E-state index < -0.39 is 0 Å². The molecule has 0 spiro atoms. The normalized spacial score (nSPS) is 12.7. The molecular weight excluding hydrogens is 218 g/mol. The van der Waals surface area contributed by atoms with Gasteiger partial charge in [-0.15, -0.1) is 0 Å². The van der Waals surface area contributed by atoms with Crippen molar-refractivity contribution < 1.29 is 9.53 Å². The molecule has 0 aliphatic heterocycles. The largest absolute Gasteiger partial charge is 0.378 e. The molecule has 1 rings (SSSR count). The van der Waals surface area contributed by atoms with Crippen LogP contribution in [0.3, 0.4) is 0 Å². The molecule has 17 heavy (non-hydrogen) atoms. The highest BCUT2D eigenvalue weighted by Crippen LogP contribution is 2.08. The maximum Gasteiger partial charge on any atom is 0.226 e. The van der Waals surface area contributed by atoms with Gasteiger partial charge in [0.1, 0.15) is 0 Å². The number of H-pyrrole nitrogens is 1. The fourth-order valence-corrected chi connectivity index (χ4v) is 1.63. The molecular formula is C12H21N3O2. The van der Waals surface area contributed by atoms with Crippen molar-refractivity contribution in [3.8, 4) is 0 Å². The number of carbonyl (C=O) groups is 1. The predicted molar refractivity (Wildman–Crippen MR) is 66.7 cm³/mol. The van der Waals surface area contributed by atoms with E-state index in [-0.39, 0.29) is 12.0 Å². The van der Waals surface area contributed by atoms with Gasteiger partial charge in [-0.3, -0.25) is 9.89 Å². The molecule has 0 unspecified atom stereocenters. The van der Waals surface area contributed by atoms with E-state index in [0.29, 0.717) is 24.6 Å². The average Bonchev–Trinajstić information content (AvgIpc) is 2.69. The smallest absolute Gasteiger partial charge is 0.226 e. The number of nitrogens with zero attached hydrogens (tertiary/aromatic N) is 1. The first-order chi connectivity index (χ1) is 8.08. The summed E-state index contributed by atoms with van der Waals surface area (Å²) in [4.78, 5) is 11.5. The van der Waals surface area contributed by atoms with Crippen molar-refractivity contribution in [1.82, 2.24) is 10.2 Å². The van der Waals surface area contributed by atoms with Crippen LogP contribution in [0.1, 0.15) is 33.6 Å². The number of anilines is 1. The summed E-state index contributed by atoms with van der Waals surface area (Å²) in [7, 11) is 0. The van der Waals surface area contributed by atoms with Gasteiger partial charge in [0, 0.05) is 6.20 Å². The monoisotopic (exact) mass is 239 g/mol. The molecule has 0 bridgehead atoms. The molecule has 5 nitrogen and oxygen atoms in total. The third-order valence-corrected chi connectivity index (χ3v) is 2.32. The van der Waals surface area contributed by atoms with Gasteiger partial charge in [-0.1, -0.05) is 13.8 Å². The van der Waals surface area contributed by atoms with Crippen LogP contribution < -0.4 is 5.32 Å². The SMILES string of the molecule is CC(C)C[C@@H](C)OCCC(=O)Nc1cn[nH]c1. The van der Waals surface area contributed by atoms with E-state index in [9.17, 15) is 4.79 Å². The van der Waals surface area contributed by atoms with Crippen LogP contribution in [0, 0.1) is 5.92 Å². The van der Waals surface area contributed by atoms with Crippen LogP contribution in [0.25, 0.3) is 0 Å². The van der Waals surface area contributed by atoms with Gasteiger partial charge >= 0.3 is 0 Å². The molecule has 0 saturated heterocycles. The number of amides is 1. The highest BCUT2D eigenvalue weighted by atomic mass is 16.5. The summed E-state index contributed by atoms with van der Waals surface area (Å²) in [5, 5.41) is 9.10. The second-order valence-electron chi connectivity index (χ2n) is 4.60. The Balaban J connectivity index is 2.12. The summed E-state index contributed by atoms with van der Waals surface area (Å²) in [6.45, 7) is 6.81. The Morgan fingerprint density at radius 3 is 2.88 bits per heavy atom. The van der Waals surface area contributed by atoms with E-state index in [1.807, 2.05) is 6.92 Å². The van der Waals surface area contributed by atoms with Crippen molar-refractivity contribution >= 4 is 11.6 Å². The molecule has 0 saturated carbocycles. The van der Waals surface area contributed by atoms with Gasteiger partial charge in [-0.25, -0.2) is 0 Å². The lowest BCUT2D eigenvalue weighted by Crippen LogP contribution is -2.17. The Morgan fingerprint density at radius 1 is 1.53 bits per heavy atom. The van der Waals surface area contributed by atoms with Gasteiger partial charge < -0.3 is 10.1 Å². The molecule has 0 radical (unpaired) electrons. The molecule has 1 atom stereocenters. The fraction of sp³-hybridized carbons (Fsp3) is 0.667. The van der Waals surface area contributed by atoms with Crippen LogP contribution in [0.4, 0.5) is 5.69 Å². The molecule has 1 aromatic rings. The van der Waals surface area contributed by atoms with E-state index in [1.165, 1.54) is 0 Å². The standard InChI is InChI=1S/C12H21N3O2/c1-9(2)6-10(3)17-5-4-12(16)15-11-7-13-14-8-11/h7-10H,4-6H2,1-3H3,(H,13,14)(H,15,16)/t10-/m1/s1. The van der Waals surface area contributed by atoms with Gasteiger partial charge in [-0.05, 0) is 19.3 Å². The van der Waals surface area contributed by atoms with Crippen molar-refractivity contribution in [3.63, 3.8) is 0 Å². The van der Waals surface area contributed by atoms with Crippen molar-refractivity contribution in [1.29, 1.82) is 0 Å². The third kappa shape index (κ3) is 6.06. The summed E-state index contributed by atoms with van der Waals surface area (Å²) in [6.07, 6.45) is 4.80. The summed E-state index contributed by atoms with van der Waals surface area (Å²) in [5.41, 5.74) is 0.685. The lowest BCUT2D eigenvalue weighted by Gasteiger charge is -2.14. The number of rotatable bonds is 7. The van der Waals surface area contributed by atoms with Gasteiger partial charge in [0.2, 0.25) is 5.91 Å². The van der Waals surface area contributed by atoms with E-state index >= 15 is 0 Å². The molecule has 96 valence electrons. The topological polar surface area (TPSA) is 67.0 Å². The van der Waals surface area contributed by atoms with Gasteiger partial charge in [-0.2, -0.15) is 5.10 Å². The first kappa shape index (κ1) is 13.7. The summed E-state index contributed by atoms with van der Waals surface area (Å²) in [5.74, 6) is 0.563. The van der Waals surface area contributed by atoms with Crippen LogP contribution in [-0.4, -0.2) is 28.8 Å². The van der Waals surface area contributed by atoms with Crippen molar-refractivity contribution in [2.75, 3.05) is 11.9 Å². The number of aromatic amines is 1. The van der Waals surface area contributed by atoms with Crippen LogP contribution in [0.15, 0.2) is 12.4 Å². The Kier molecular flexibility index (Phi) is 5.69. The van der Waals surface area contributed by atoms with Crippen molar-refractivity contribution in [2.24, 2.45) is 5.92 Å². The predicted octanol–water partition coefficient (Wildman–Crippen LogP) is 2.19. The highest BCUT2D eigenvalue weighted by Gasteiger charge is 2.07. The maximum atomic E-state index is 11.5. The number of hydrogen-bond donors (Lipinski definition) is 2. The zero-order valence-electron chi connectivity index (χ0n) is 10.7.